The van der Waals surface area contributed by atoms with Crippen molar-refractivity contribution in [1.82, 2.24) is 14.9 Å². The summed E-state index contributed by atoms with van der Waals surface area (Å²) in [4.78, 5) is 29.1. The number of aryl methyl sites for hydroxylation is 2. The molecule has 0 unspecified atom stereocenters. The Kier molecular flexibility index (Phi) is 6.18. The first-order valence-corrected chi connectivity index (χ1v) is 11.0. The van der Waals surface area contributed by atoms with Crippen molar-refractivity contribution in [3.05, 3.63) is 77.6 Å². The van der Waals surface area contributed by atoms with Crippen molar-refractivity contribution in [2.24, 2.45) is 7.05 Å². The van der Waals surface area contributed by atoms with E-state index >= 15 is 0 Å². The van der Waals surface area contributed by atoms with Crippen LogP contribution in [0.5, 0.6) is 0 Å². The fourth-order valence-corrected chi connectivity index (χ4v) is 4.40. The molecular weight excluding hydrogens is 396 g/mol. The minimum Gasteiger partial charge on any atom is -0.345 e. The summed E-state index contributed by atoms with van der Waals surface area (Å²) in [7, 11) is 1.89. The molecule has 1 aliphatic rings. The second-order valence-electron chi connectivity index (χ2n) is 7.35. The van der Waals surface area contributed by atoms with E-state index in [1.807, 2.05) is 29.9 Å². The van der Waals surface area contributed by atoms with Crippen LogP contribution in [0.15, 0.2) is 66.1 Å². The van der Waals surface area contributed by atoms with Crippen LogP contribution in [0.2, 0.25) is 0 Å². The smallest absolute Gasteiger partial charge is 0.251 e. The lowest BCUT2D eigenvalue weighted by atomic mass is 9.87. The molecule has 154 valence electrons. The number of fused-ring (bicyclic) bond motifs is 1. The zero-order valence-corrected chi connectivity index (χ0v) is 17.6. The highest BCUT2D eigenvalue weighted by atomic mass is 32.2. The van der Waals surface area contributed by atoms with Crippen molar-refractivity contribution < 1.29 is 9.59 Å². The van der Waals surface area contributed by atoms with Crippen molar-refractivity contribution in [1.29, 1.82) is 0 Å². The second kappa shape index (κ2) is 9.17. The van der Waals surface area contributed by atoms with Crippen LogP contribution in [0.25, 0.3) is 0 Å². The number of nitrogens with zero attached hydrogens (tertiary/aromatic N) is 2. The number of hydrogen-bond acceptors (Lipinski definition) is 4. The van der Waals surface area contributed by atoms with Gasteiger partial charge in [-0.15, -0.1) is 0 Å². The van der Waals surface area contributed by atoms with Crippen molar-refractivity contribution >= 4 is 29.3 Å². The maximum atomic E-state index is 12.7. The number of amides is 2. The van der Waals surface area contributed by atoms with Gasteiger partial charge in [-0.05, 0) is 54.7 Å². The molecule has 2 amide bonds. The maximum absolute atomic E-state index is 12.7. The Morgan fingerprint density at radius 1 is 1.17 bits per heavy atom. The van der Waals surface area contributed by atoms with E-state index in [9.17, 15) is 9.59 Å². The van der Waals surface area contributed by atoms with Gasteiger partial charge < -0.3 is 15.2 Å². The van der Waals surface area contributed by atoms with E-state index in [0.29, 0.717) is 11.3 Å². The number of thioether (sulfide) groups is 1. The van der Waals surface area contributed by atoms with Gasteiger partial charge in [-0.2, -0.15) is 0 Å². The Morgan fingerprint density at radius 2 is 1.97 bits per heavy atom. The number of anilines is 1. The molecule has 7 heteroatoms. The first-order valence-electron chi connectivity index (χ1n) is 9.99. The molecule has 0 aliphatic heterocycles. The summed E-state index contributed by atoms with van der Waals surface area (Å²) < 4.78 is 1.87. The molecule has 1 heterocycles. The standard InChI is InChI=1S/C23H24N4O2S/c1-27-14-13-24-23(27)30-15-21(28)25-18-11-9-17(10-12-18)22(29)26-20-8-4-6-16-5-2-3-7-19(16)20/h2-3,5,7,9-14,20H,4,6,8,15H2,1H3,(H,25,28)(H,26,29)/t20-/m1/s1. The molecule has 2 aromatic carbocycles. The molecule has 0 radical (unpaired) electrons. The molecule has 0 bridgehead atoms. The molecule has 0 spiro atoms. The summed E-state index contributed by atoms with van der Waals surface area (Å²) in [6.07, 6.45) is 6.63. The lowest BCUT2D eigenvalue weighted by Crippen LogP contribution is -2.30. The van der Waals surface area contributed by atoms with E-state index in [1.54, 1.807) is 30.5 Å². The monoisotopic (exact) mass is 420 g/mol. The summed E-state index contributed by atoms with van der Waals surface area (Å²) in [6, 6.07) is 15.3. The maximum Gasteiger partial charge on any atom is 0.251 e. The Labute approximate surface area is 180 Å². The average molecular weight is 421 g/mol. The van der Waals surface area contributed by atoms with Crippen LogP contribution < -0.4 is 10.6 Å². The zero-order valence-electron chi connectivity index (χ0n) is 16.8. The number of benzene rings is 2. The highest BCUT2D eigenvalue weighted by Gasteiger charge is 2.21. The molecule has 4 rings (SSSR count). The largest absolute Gasteiger partial charge is 0.345 e. The van der Waals surface area contributed by atoms with Crippen molar-refractivity contribution in [2.75, 3.05) is 11.1 Å². The van der Waals surface area contributed by atoms with E-state index < -0.39 is 0 Å². The van der Waals surface area contributed by atoms with Crippen LogP contribution in [-0.4, -0.2) is 27.1 Å². The first kappa shape index (κ1) is 20.2. The third-order valence-electron chi connectivity index (χ3n) is 5.21. The molecule has 6 nitrogen and oxygen atoms in total. The van der Waals surface area contributed by atoms with Crippen LogP contribution in [0.4, 0.5) is 5.69 Å². The highest BCUT2D eigenvalue weighted by Crippen LogP contribution is 2.29. The van der Waals surface area contributed by atoms with Gasteiger partial charge in [-0.1, -0.05) is 36.0 Å². The molecule has 3 aromatic rings. The molecule has 1 atom stereocenters. The average Bonchev–Trinajstić information content (AvgIpc) is 3.18. The van der Waals surface area contributed by atoms with Gasteiger partial charge in [-0.3, -0.25) is 9.59 Å². The molecule has 1 aliphatic carbocycles. The Balaban J connectivity index is 1.32. The van der Waals surface area contributed by atoms with Crippen LogP contribution in [0, 0.1) is 0 Å². The predicted molar refractivity (Wildman–Crippen MR) is 119 cm³/mol. The van der Waals surface area contributed by atoms with Crippen molar-refractivity contribution in [2.45, 2.75) is 30.5 Å². The van der Waals surface area contributed by atoms with Gasteiger partial charge in [0, 0.05) is 30.7 Å². The van der Waals surface area contributed by atoms with E-state index in [1.165, 1.54) is 22.9 Å². The number of hydrogen-bond donors (Lipinski definition) is 2. The minimum atomic E-state index is -0.112. The van der Waals surface area contributed by atoms with Gasteiger partial charge in [0.1, 0.15) is 0 Å². The molecule has 1 aromatic heterocycles. The van der Waals surface area contributed by atoms with Crippen LogP contribution in [0.1, 0.15) is 40.4 Å². The van der Waals surface area contributed by atoms with Gasteiger partial charge in [0.05, 0.1) is 11.8 Å². The van der Waals surface area contributed by atoms with Crippen molar-refractivity contribution in [3.63, 3.8) is 0 Å². The Bertz CT molecular complexity index is 1050. The Hall–Kier alpha value is -3.06. The van der Waals surface area contributed by atoms with E-state index in [-0.39, 0.29) is 23.6 Å². The zero-order chi connectivity index (χ0) is 20.9. The molecule has 0 fully saturated rings. The number of aromatic nitrogens is 2. The first-order chi connectivity index (χ1) is 14.6. The third-order valence-corrected chi connectivity index (χ3v) is 6.27. The summed E-state index contributed by atoms with van der Waals surface area (Å²) in [5.74, 6) is 0.0627. The summed E-state index contributed by atoms with van der Waals surface area (Å²) in [5, 5.41) is 6.80. The SMILES string of the molecule is Cn1ccnc1SCC(=O)Nc1ccc(C(=O)N[C@@H]2CCCc3ccccc32)cc1. The quantitative estimate of drug-likeness (QED) is 0.592. The topological polar surface area (TPSA) is 76.0 Å². The molecule has 0 saturated heterocycles. The molecule has 2 N–H and O–H groups in total. The number of imidazole rings is 1. The van der Waals surface area contributed by atoms with E-state index in [4.69, 9.17) is 0 Å². The fourth-order valence-electron chi connectivity index (χ4n) is 3.67. The number of carbonyl (C=O) groups excluding carboxylic acids is 2. The van der Waals surface area contributed by atoms with Crippen LogP contribution in [0.3, 0.4) is 0 Å². The Morgan fingerprint density at radius 3 is 2.73 bits per heavy atom. The van der Waals surface area contributed by atoms with Crippen molar-refractivity contribution in [3.8, 4) is 0 Å². The van der Waals surface area contributed by atoms with Gasteiger partial charge in [0.2, 0.25) is 5.91 Å². The van der Waals surface area contributed by atoms with Gasteiger partial charge in [0.25, 0.3) is 5.91 Å². The number of rotatable bonds is 6. The predicted octanol–water partition coefficient (Wildman–Crippen LogP) is 3.96. The lowest BCUT2D eigenvalue weighted by molar-refractivity contribution is -0.113. The molecular formula is C23H24N4O2S. The summed E-state index contributed by atoms with van der Waals surface area (Å²) >= 11 is 1.38. The lowest BCUT2D eigenvalue weighted by Gasteiger charge is -2.26. The number of nitrogens with one attached hydrogen (secondary N) is 2. The van der Waals surface area contributed by atoms with Gasteiger partial charge in [0.15, 0.2) is 5.16 Å². The van der Waals surface area contributed by atoms with Gasteiger partial charge in [-0.25, -0.2) is 4.98 Å². The second-order valence-corrected chi connectivity index (χ2v) is 8.29. The molecule has 30 heavy (non-hydrogen) atoms. The third kappa shape index (κ3) is 4.74. The minimum absolute atomic E-state index is 0.0463. The fraction of sp³-hybridized carbons (Fsp3) is 0.261. The van der Waals surface area contributed by atoms with E-state index in [2.05, 4.69) is 27.8 Å². The van der Waals surface area contributed by atoms with Crippen LogP contribution >= 0.6 is 11.8 Å². The molecule has 0 saturated carbocycles. The van der Waals surface area contributed by atoms with Crippen LogP contribution in [-0.2, 0) is 18.3 Å². The van der Waals surface area contributed by atoms with E-state index in [0.717, 1.165) is 24.4 Å². The highest BCUT2D eigenvalue weighted by molar-refractivity contribution is 7.99. The summed E-state index contributed by atoms with van der Waals surface area (Å²) in [6.45, 7) is 0. The van der Waals surface area contributed by atoms with Gasteiger partial charge >= 0.3 is 0 Å². The summed E-state index contributed by atoms with van der Waals surface area (Å²) in [5.41, 5.74) is 3.78. The number of carbonyl (C=O) groups is 2. The normalized spacial score (nSPS) is 15.3.